The van der Waals surface area contributed by atoms with Crippen LogP contribution in [0.25, 0.3) is 16.9 Å². The molecule has 0 N–H and O–H groups in total. The Labute approximate surface area is 241 Å². The SMILES string of the molecule is O=C(c1cc(-c2cccnc2)n(-c2ccc(Cl)c(C(F)(F)F)c2)n1)N1CCC(N2C(=O)Cc3ccc(F)c(F)c32)CC1. The molecule has 6 rings (SSSR count). The van der Waals surface area contributed by atoms with E-state index in [-0.39, 0.29) is 42.5 Å². The number of nitrogens with zero attached hydrogens (tertiary/aromatic N) is 5. The number of alkyl halides is 3. The molecule has 0 radical (unpaired) electrons. The fraction of sp³-hybridized carbons (Fsp3) is 0.241. The summed E-state index contributed by atoms with van der Waals surface area (Å²) in [6.07, 6.45) is -1.07. The van der Waals surface area contributed by atoms with Gasteiger partial charge in [0.05, 0.1) is 34.1 Å². The van der Waals surface area contributed by atoms with Gasteiger partial charge in [-0.15, -0.1) is 0 Å². The molecule has 1 fully saturated rings. The number of rotatable bonds is 4. The topological polar surface area (TPSA) is 71.3 Å². The number of piperidine rings is 1. The Morgan fingerprint density at radius 1 is 1.02 bits per heavy atom. The van der Waals surface area contributed by atoms with Crippen LogP contribution in [0, 0.1) is 11.6 Å². The average Bonchev–Trinajstić information content (AvgIpc) is 3.57. The van der Waals surface area contributed by atoms with E-state index in [2.05, 4.69) is 10.1 Å². The van der Waals surface area contributed by atoms with Gasteiger partial charge in [0.1, 0.15) is 0 Å². The van der Waals surface area contributed by atoms with Gasteiger partial charge in [0.15, 0.2) is 17.3 Å². The number of carbonyl (C=O) groups excluding carboxylic acids is 2. The van der Waals surface area contributed by atoms with Crippen molar-refractivity contribution in [2.24, 2.45) is 0 Å². The Bertz CT molecular complexity index is 1700. The number of amides is 2. The number of hydrogen-bond donors (Lipinski definition) is 0. The first kappa shape index (κ1) is 27.8. The highest BCUT2D eigenvalue weighted by atomic mass is 35.5. The normalized spacial score (nSPS) is 15.8. The maximum atomic E-state index is 14.6. The molecule has 2 aliphatic heterocycles. The summed E-state index contributed by atoms with van der Waals surface area (Å²) < 4.78 is 70.6. The molecule has 0 aliphatic carbocycles. The molecule has 0 spiro atoms. The van der Waals surface area contributed by atoms with Crippen molar-refractivity contribution in [3.63, 3.8) is 0 Å². The van der Waals surface area contributed by atoms with Crippen molar-refractivity contribution in [3.8, 4) is 16.9 Å². The van der Waals surface area contributed by atoms with Crippen molar-refractivity contribution >= 4 is 29.1 Å². The molecular formula is C29H21ClF5N5O2. The quantitative estimate of drug-likeness (QED) is 0.266. The number of hydrogen-bond acceptors (Lipinski definition) is 4. The molecule has 1 saturated heterocycles. The maximum Gasteiger partial charge on any atom is 0.417 e. The van der Waals surface area contributed by atoms with E-state index < -0.39 is 40.3 Å². The van der Waals surface area contributed by atoms with Crippen molar-refractivity contribution in [2.45, 2.75) is 31.5 Å². The smallest absolute Gasteiger partial charge is 0.337 e. The van der Waals surface area contributed by atoms with Gasteiger partial charge in [-0.1, -0.05) is 17.7 Å². The number of pyridine rings is 1. The molecule has 2 aromatic heterocycles. The van der Waals surface area contributed by atoms with Gasteiger partial charge in [0, 0.05) is 37.1 Å². The van der Waals surface area contributed by atoms with Crippen LogP contribution in [-0.4, -0.2) is 50.6 Å². The molecular weight excluding hydrogens is 581 g/mol. The average molecular weight is 602 g/mol. The van der Waals surface area contributed by atoms with Gasteiger partial charge >= 0.3 is 6.18 Å². The lowest BCUT2D eigenvalue weighted by atomic mass is 10.0. The van der Waals surface area contributed by atoms with Crippen molar-refractivity contribution in [1.82, 2.24) is 19.7 Å². The molecule has 42 heavy (non-hydrogen) atoms. The molecule has 2 amide bonds. The van der Waals surface area contributed by atoms with E-state index in [1.807, 2.05) is 0 Å². The van der Waals surface area contributed by atoms with Crippen LogP contribution in [0.15, 0.2) is 60.9 Å². The van der Waals surface area contributed by atoms with Crippen LogP contribution in [0.2, 0.25) is 5.02 Å². The Hall–Kier alpha value is -4.32. The van der Waals surface area contributed by atoms with Crippen LogP contribution in [0.4, 0.5) is 27.6 Å². The van der Waals surface area contributed by atoms with Gasteiger partial charge in [0.2, 0.25) is 5.91 Å². The lowest BCUT2D eigenvalue weighted by molar-refractivity contribution is -0.137. The van der Waals surface area contributed by atoms with E-state index in [9.17, 15) is 31.5 Å². The summed E-state index contributed by atoms with van der Waals surface area (Å²) in [6.45, 7) is 0.404. The van der Waals surface area contributed by atoms with E-state index in [4.69, 9.17) is 11.6 Å². The van der Waals surface area contributed by atoms with Crippen molar-refractivity contribution in [1.29, 1.82) is 0 Å². The predicted octanol–water partition coefficient (Wildman–Crippen LogP) is 6.08. The van der Waals surface area contributed by atoms with Gasteiger partial charge in [-0.2, -0.15) is 18.3 Å². The van der Waals surface area contributed by atoms with Crippen molar-refractivity contribution < 1.29 is 31.5 Å². The molecule has 2 aromatic carbocycles. The third kappa shape index (κ3) is 4.89. The predicted molar refractivity (Wildman–Crippen MR) is 143 cm³/mol. The first-order valence-corrected chi connectivity index (χ1v) is 13.4. The minimum atomic E-state index is -4.70. The third-order valence-electron chi connectivity index (χ3n) is 7.51. The Kier molecular flexibility index (Phi) is 6.96. The van der Waals surface area contributed by atoms with Gasteiger partial charge in [-0.05, 0) is 60.9 Å². The summed E-state index contributed by atoms with van der Waals surface area (Å²) in [5.41, 5.74) is 0.224. The first-order chi connectivity index (χ1) is 20.0. The van der Waals surface area contributed by atoms with Crippen LogP contribution in [-0.2, 0) is 17.4 Å². The molecule has 4 aromatic rings. The highest BCUT2D eigenvalue weighted by Crippen LogP contribution is 2.38. The lowest BCUT2D eigenvalue weighted by Gasteiger charge is -2.36. The molecule has 0 atom stereocenters. The summed E-state index contributed by atoms with van der Waals surface area (Å²) in [4.78, 5) is 33.1. The lowest BCUT2D eigenvalue weighted by Crippen LogP contribution is -2.48. The zero-order valence-electron chi connectivity index (χ0n) is 21.7. The third-order valence-corrected chi connectivity index (χ3v) is 7.84. The largest absolute Gasteiger partial charge is 0.417 e. The second-order valence-electron chi connectivity index (χ2n) is 10.1. The summed E-state index contributed by atoms with van der Waals surface area (Å²) in [6, 6.07) is 10.1. The van der Waals surface area contributed by atoms with Crippen molar-refractivity contribution in [2.75, 3.05) is 18.0 Å². The van der Waals surface area contributed by atoms with Crippen LogP contribution in [0.3, 0.4) is 0 Å². The number of anilines is 1. The summed E-state index contributed by atoms with van der Waals surface area (Å²) in [5.74, 6) is -2.90. The highest BCUT2D eigenvalue weighted by molar-refractivity contribution is 6.31. The Balaban J connectivity index is 1.28. The van der Waals surface area contributed by atoms with Crippen LogP contribution in [0.5, 0.6) is 0 Å². The highest BCUT2D eigenvalue weighted by Gasteiger charge is 2.39. The van der Waals surface area contributed by atoms with Gasteiger partial charge < -0.3 is 9.80 Å². The molecule has 2 aliphatic rings. The van der Waals surface area contributed by atoms with Crippen LogP contribution in [0.1, 0.15) is 34.5 Å². The van der Waals surface area contributed by atoms with E-state index in [1.54, 1.807) is 12.1 Å². The van der Waals surface area contributed by atoms with Crippen LogP contribution < -0.4 is 4.90 Å². The monoisotopic (exact) mass is 601 g/mol. The number of fused-ring (bicyclic) bond motifs is 1. The fourth-order valence-corrected chi connectivity index (χ4v) is 5.72. The standard InChI is InChI=1S/C29H21ClF5N5O2/c30-21-5-4-19(13-20(21)29(33,34)35)40-24(17-2-1-9-36-15-17)14-23(37-40)28(42)38-10-7-18(8-11-38)39-25(41)12-16-3-6-22(31)26(32)27(16)39/h1-6,9,13-15,18H,7-8,10-12H2. The second kappa shape index (κ2) is 10.5. The maximum absolute atomic E-state index is 14.6. The Morgan fingerprint density at radius 2 is 1.79 bits per heavy atom. The summed E-state index contributed by atoms with van der Waals surface area (Å²) in [5, 5.41) is 3.91. The molecule has 0 bridgehead atoms. The molecule has 0 saturated carbocycles. The minimum absolute atomic E-state index is 0.00785. The van der Waals surface area contributed by atoms with E-state index in [1.165, 1.54) is 45.1 Å². The molecule has 4 heterocycles. The minimum Gasteiger partial charge on any atom is -0.337 e. The first-order valence-electron chi connectivity index (χ1n) is 13.0. The molecule has 13 heteroatoms. The van der Waals surface area contributed by atoms with Crippen LogP contribution >= 0.6 is 11.6 Å². The van der Waals surface area contributed by atoms with Gasteiger partial charge in [0.25, 0.3) is 5.91 Å². The molecule has 7 nitrogen and oxygen atoms in total. The van der Waals surface area contributed by atoms with Crippen molar-refractivity contribution in [3.05, 3.63) is 94.4 Å². The van der Waals surface area contributed by atoms with E-state index >= 15 is 0 Å². The number of aromatic nitrogens is 3. The second-order valence-corrected chi connectivity index (χ2v) is 10.5. The fourth-order valence-electron chi connectivity index (χ4n) is 5.50. The van der Waals surface area contributed by atoms with E-state index in [0.717, 1.165) is 18.2 Å². The summed E-state index contributed by atoms with van der Waals surface area (Å²) in [7, 11) is 0. The number of carbonyl (C=O) groups is 2. The number of likely N-dealkylation sites (tertiary alicyclic amines) is 1. The Morgan fingerprint density at radius 3 is 2.48 bits per heavy atom. The van der Waals surface area contributed by atoms with Gasteiger partial charge in [-0.25, -0.2) is 13.5 Å². The van der Waals surface area contributed by atoms with E-state index in [0.29, 0.717) is 29.7 Å². The number of halogens is 6. The zero-order chi connectivity index (χ0) is 29.8. The molecule has 216 valence electrons. The molecule has 0 unspecified atom stereocenters. The summed E-state index contributed by atoms with van der Waals surface area (Å²) >= 11 is 5.81. The van der Waals surface area contributed by atoms with Gasteiger partial charge in [-0.3, -0.25) is 14.6 Å². The number of benzene rings is 2. The zero-order valence-corrected chi connectivity index (χ0v) is 22.5.